The highest BCUT2D eigenvalue weighted by Gasteiger charge is 2.14. The fourth-order valence-corrected chi connectivity index (χ4v) is 2.65. The Balaban J connectivity index is 1.56. The minimum absolute atomic E-state index is 0.0687. The molecule has 0 saturated carbocycles. The van der Waals surface area contributed by atoms with Gasteiger partial charge in [-0.3, -0.25) is 9.48 Å². The number of carbonyl (C=O) groups excluding carboxylic acids is 1. The fraction of sp³-hybridized carbons (Fsp3) is 0.188. The van der Waals surface area contributed by atoms with E-state index in [0.29, 0.717) is 16.6 Å². The maximum absolute atomic E-state index is 12.1. The van der Waals surface area contributed by atoms with Crippen LogP contribution in [0.3, 0.4) is 0 Å². The summed E-state index contributed by atoms with van der Waals surface area (Å²) in [4.78, 5) is 22.1. The molecule has 0 saturated heterocycles. The molecule has 0 spiro atoms. The summed E-state index contributed by atoms with van der Waals surface area (Å²) in [6.07, 6.45) is 3.13. The van der Waals surface area contributed by atoms with E-state index in [-0.39, 0.29) is 30.5 Å². The van der Waals surface area contributed by atoms with Gasteiger partial charge < -0.3 is 15.4 Å². The van der Waals surface area contributed by atoms with Gasteiger partial charge in [-0.2, -0.15) is 9.78 Å². The van der Waals surface area contributed by atoms with Gasteiger partial charge in [-0.05, 0) is 22.6 Å². The summed E-state index contributed by atoms with van der Waals surface area (Å²) in [5, 5.41) is 22.2. The summed E-state index contributed by atoms with van der Waals surface area (Å²) >= 11 is 12.0. The van der Waals surface area contributed by atoms with Crippen LogP contribution in [0.5, 0.6) is 0 Å². The Labute approximate surface area is 163 Å². The van der Waals surface area contributed by atoms with Crippen molar-refractivity contribution >= 4 is 40.7 Å². The molecule has 0 atom stereocenters. The van der Waals surface area contributed by atoms with E-state index in [9.17, 15) is 14.9 Å². The van der Waals surface area contributed by atoms with Crippen molar-refractivity contribution in [3.63, 3.8) is 0 Å². The average molecular weight is 409 g/mol. The SMILES string of the molecule is O=C(CCn1ccc([N+](=O)[O-])n1)Nc1nn(Cc2ccc(Cl)cc2)cc1Cl. The zero-order valence-corrected chi connectivity index (χ0v) is 15.4. The van der Waals surface area contributed by atoms with Crippen LogP contribution in [0.2, 0.25) is 10.0 Å². The fourth-order valence-electron chi connectivity index (χ4n) is 2.32. The van der Waals surface area contributed by atoms with E-state index < -0.39 is 4.92 Å². The number of hydrogen-bond acceptors (Lipinski definition) is 5. The molecule has 140 valence electrons. The number of nitro groups is 1. The molecule has 11 heteroatoms. The van der Waals surface area contributed by atoms with Crippen LogP contribution >= 0.6 is 23.2 Å². The van der Waals surface area contributed by atoms with Crippen LogP contribution in [0, 0.1) is 10.1 Å². The molecule has 1 amide bonds. The predicted molar refractivity (Wildman–Crippen MR) is 99.9 cm³/mol. The van der Waals surface area contributed by atoms with E-state index in [4.69, 9.17) is 23.2 Å². The lowest BCUT2D eigenvalue weighted by atomic mass is 10.2. The third-order valence-corrected chi connectivity index (χ3v) is 4.14. The van der Waals surface area contributed by atoms with Gasteiger partial charge in [0.1, 0.15) is 5.02 Å². The highest BCUT2D eigenvalue weighted by molar-refractivity contribution is 6.33. The molecule has 3 rings (SSSR count). The van der Waals surface area contributed by atoms with Crippen molar-refractivity contribution in [3.8, 4) is 0 Å². The Bertz CT molecular complexity index is 967. The van der Waals surface area contributed by atoms with E-state index in [0.717, 1.165) is 5.56 Å². The number of carbonyl (C=O) groups is 1. The maximum atomic E-state index is 12.1. The Hall–Kier alpha value is -2.91. The largest absolute Gasteiger partial charge is 0.389 e. The van der Waals surface area contributed by atoms with E-state index in [1.807, 2.05) is 12.1 Å². The molecule has 0 radical (unpaired) electrons. The van der Waals surface area contributed by atoms with Crippen molar-refractivity contribution in [2.24, 2.45) is 0 Å². The van der Waals surface area contributed by atoms with Crippen LogP contribution in [0.25, 0.3) is 0 Å². The Morgan fingerprint density at radius 1 is 1.15 bits per heavy atom. The monoisotopic (exact) mass is 408 g/mol. The minimum atomic E-state index is -0.594. The summed E-state index contributed by atoms with van der Waals surface area (Å²) in [6.45, 7) is 0.673. The molecular weight excluding hydrogens is 395 g/mol. The number of anilines is 1. The number of benzene rings is 1. The van der Waals surface area contributed by atoms with Gasteiger partial charge in [0, 0.05) is 17.6 Å². The van der Waals surface area contributed by atoms with Crippen LogP contribution in [0.15, 0.2) is 42.7 Å². The second-order valence-electron chi connectivity index (χ2n) is 5.64. The van der Waals surface area contributed by atoms with Crippen LogP contribution in [0.4, 0.5) is 11.6 Å². The number of amides is 1. The molecule has 1 aromatic carbocycles. The van der Waals surface area contributed by atoms with Gasteiger partial charge in [-0.25, -0.2) is 0 Å². The summed E-state index contributed by atoms with van der Waals surface area (Å²) in [7, 11) is 0. The van der Waals surface area contributed by atoms with Crippen molar-refractivity contribution in [1.82, 2.24) is 19.6 Å². The van der Waals surface area contributed by atoms with Gasteiger partial charge in [-0.15, -0.1) is 0 Å². The van der Waals surface area contributed by atoms with Crippen LogP contribution in [-0.4, -0.2) is 30.4 Å². The number of halogens is 2. The molecule has 0 aliphatic carbocycles. The second kappa shape index (κ2) is 8.19. The molecule has 0 bridgehead atoms. The lowest BCUT2D eigenvalue weighted by Crippen LogP contribution is -2.15. The number of aryl methyl sites for hydroxylation is 1. The first kappa shape index (κ1) is 18.9. The molecule has 0 fully saturated rings. The van der Waals surface area contributed by atoms with Crippen molar-refractivity contribution in [3.05, 3.63) is 68.4 Å². The molecule has 0 aliphatic heterocycles. The number of hydrogen-bond donors (Lipinski definition) is 1. The highest BCUT2D eigenvalue weighted by Crippen LogP contribution is 2.20. The lowest BCUT2D eigenvalue weighted by molar-refractivity contribution is -0.389. The molecule has 0 unspecified atom stereocenters. The topological polar surface area (TPSA) is 108 Å². The van der Waals surface area contributed by atoms with Crippen molar-refractivity contribution in [1.29, 1.82) is 0 Å². The van der Waals surface area contributed by atoms with Gasteiger partial charge in [0.2, 0.25) is 5.91 Å². The number of nitrogens with zero attached hydrogens (tertiary/aromatic N) is 5. The lowest BCUT2D eigenvalue weighted by Gasteiger charge is -2.03. The Morgan fingerprint density at radius 3 is 2.56 bits per heavy atom. The smallest absolute Gasteiger partial charge is 0.358 e. The third-order valence-electron chi connectivity index (χ3n) is 3.61. The molecule has 0 aliphatic rings. The zero-order valence-electron chi connectivity index (χ0n) is 13.9. The van der Waals surface area contributed by atoms with Crippen LogP contribution < -0.4 is 5.32 Å². The number of rotatable bonds is 7. The number of nitrogens with one attached hydrogen (secondary N) is 1. The summed E-state index contributed by atoms with van der Waals surface area (Å²) in [5.41, 5.74) is 0.983. The minimum Gasteiger partial charge on any atom is -0.358 e. The van der Waals surface area contributed by atoms with E-state index in [1.54, 1.807) is 23.0 Å². The van der Waals surface area contributed by atoms with Gasteiger partial charge in [0.25, 0.3) is 0 Å². The molecule has 27 heavy (non-hydrogen) atoms. The highest BCUT2D eigenvalue weighted by atomic mass is 35.5. The summed E-state index contributed by atoms with van der Waals surface area (Å²) in [6, 6.07) is 8.58. The molecule has 3 aromatic rings. The first-order valence-electron chi connectivity index (χ1n) is 7.86. The second-order valence-corrected chi connectivity index (χ2v) is 6.49. The molecule has 9 nitrogen and oxygen atoms in total. The third kappa shape index (κ3) is 5.05. The molecule has 2 heterocycles. The Kier molecular flexibility index (Phi) is 5.72. The van der Waals surface area contributed by atoms with Gasteiger partial charge in [0.05, 0.1) is 30.5 Å². The molecule has 1 N–H and O–H groups in total. The first-order chi connectivity index (χ1) is 12.9. The summed E-state index contributed by atoms with van der Waals surface area (Å²) < 4.78 is 2.94. The average Bonchev–Trinajstić information content (AvgIpc) is 3.22. The van der Waals surface area contributed by atoms with Gasteiger partial charge in [0.15, 0.2) is 5.82 Å². The van der Waals surface area contributed by atoms with Crippen molar-refractivity contribution in [2.45, 2.75) is 19.5 Å². The van der Waals surface area contributed by atoms with E-state index in [1.165, 1.54) is 16.9 Å². The van der Waals surface area contributed by atoms with Crippen LogP contribution in [-0.2, 0) is 17.9 Å². The standard InChI is InChI=1S/C16H14Cl2N6O3/c17-12-3-1-11(2-4-12)9-23-10-13(18)16(21-23)19-15(25)6-8-22-7-5-14(20-22)24(26)27/h1-5,7,10H,6,8-9H2,(H,19,21,25). The predicted octanol–water partition coefficient (Wildman–Crippen LogP) is 3.37. The summed E-state index contributed by atoms with van der Waals surface area (Å²) in [5.74, 6) is -0.340. The van der Waals surface area contributed by atoms with E-state index in [2.05, 4.69) is 15.5 Å². The van der Waals surface area contributed by atoms with E-state index >= 15 is 0 Å². The van der Waals surface area contributed by atoms with Crippen molar-refractivity contribution < 1.29 is 9.72 Å². The van der Waals surface area contributed by atoms with Gasteiger partial charge >= 0.3 is 5.82 Å². The molecular formula is C16H14Cl2N6O3. The maximum Gasteiger partial charge on any atom is 0.389 e. The number of aromatic nitrogens is 4. The van der Waals surface area contributed by atoms with Crippen molar-refractivity contribution in [2.75, 3.05) is 5.32 Å². The van der Waals surface area contributed by atoms with Crippen LogP contribution in [0.1, 0.15) is 12.0 Å². The quantitative estimate of drug-likeness (QED) is 0.476. The molecule has 2 aromatic heterocycles. The zero-order chi connectivity index (χ0) is 19.4. The van der Waals surface area contributed by atoms with Gasteiger partial charge in [-0.1, -0.05) is 35.3 Å². The normalized spacial score (nSPS) is 10.7. The first-order valence-corrected chi connectivity index (χ1v) is 8.61. The Morgan fingerprint density at radius 2 is 1.89 bits per heavy atom.